The van der Waals surface area contributed by atoms with E-state index in [4.69, 9.17) is 10.00 Å². The lowest BCUT2D eigenvalue weighted by atomic mass is 10.2. The van der Waals surface area contributed by atoms with E-state index in [1.165, 1.54) is 11.8 Å². The summed E-state index contributed by atoms with van der Waals surface area (Å²) >= 11 is 3.10. The van der Waals surface area contributed by atoms with Gasteiger partial charge in [-0.25, -0.2) is 4.98 Å². The molecular formula is C14H14N2O2S2. The van der Waals surface area contributed by atoms with Gasteiger partial charge in [0.2, 0.25) is 0 Å². The summed E-state index contributed by atoms with van der Waals surface area (Å²) in [7, 11) is 0. The standard InChI is InChI=1S/C14H14N2O2S2/c1-10-8-19-14(16-10)20-9-12(17)7-18-13-4-2-11(6-15)3-5-13/h2-5,8,12,17H,7,9H2,1H3. The number of aromatic nitrogens is 1. The first-order valence-electron chi connectivity index (χ1n) is 6.03. The molecular weight excluding hydrogens is 292 g/mol. The highest BCUT2D eigenvalue weighted by Crippen LogP contribution is 2.23. The quantitative estimate of drug-likeness (QED) is 0.831. The van der Waals surface area contributed by atoms with Crippen LogP contribution < -0.4 is 4.74 Å². The van der Waals surface area contributed by atoms with Gasteiger partial charge in [0.1, 0.15) is 16.7 Å². The lowest BCUT2D eigenvalue weighted by Crippen LogP contribution is -2.20. The van der Waals surface area contributed by atoms with Crippen molar-refractivity contribution in [3.05, 3.63) is 40.9 Å². The second-order valence-corrected chi connectivity index (χ2v) is 6.29. The second-order valence-electron chi connectivity index (χ2n) is 4.17. The number of aryl methyl sites for hydroxylation is 1. The van der Waals surface area contributed by atoms with E-state index in [1.54, 1.807) is 35.6 Å². The van der Waals surface area contributed by atoms with Crippen LogP contribution in [0.1, 0.15) is 11.3 Å². The summed E-state index contributed by atoms with van der Waals surface area (Å²) in [6.45, 7) is 2.17. The molecule has 1 atom stereocenters. The first kappa shape index (κ1) is 14.9. The Morgan fingerprint density at radius 3 is 2.80 bits per heavy atom. The molecule has 104 valence electrons. The fourth-order valence-corrected chi connectivity index (χ4v) is 3.21. The zero-order chi connectivity index (χ0) is 14.4. The number of rotatable bonds is 6. The molecule has 0 aliphatic heterocycles. The molecule has 0 aliphatic rings. The molecule has 2 rings (SSSR count). The van der Waals surface area contributed by atoms with E-state index < -0.39 is 6.10 Å². The number of aliphatic hydroxyl groups excluding tert-OH is 1. The van der Waals surface area contributed by atoms with Crippen LogP contribution in [0.2, 0.25) is 0 Å². The SMILES string of the molecule is Cc1csc(SCC(O)COc2ccc(C#N)cc2)n1. The van der Waals surface area contributed by atoms with Crippen molar-refractivity contribution in [2.75, 3.05) is 12.4 Å². The van der Waals surface area contributed by atoms with Crippen LogP contribution >= 0.6 is 23.1 Å². The topological polar surface area (TPSA) is 66.1 Å². The molecule has 1 heterocycles. The van der Waals surface area contributed by atoms with Crippen molar-refractivity contribution in [1.29, 1.82) is 5.26 Å². The number of nitrogens with zero attached hydrogens (tertiary/aromatic N) is 2. The van der Waals surface area contributed by atoms with Crippen molar-refractivity contribution in [1.82, 2.24) is 4.98 Å². The van der Waals surface area contributed by atoms with E-state index >= 15 is 0 Å². The third-order valence-electron chi connectivity index (χ3n) is 2.42. The third-order valence-corrected chi connectivity index (χ3v) is 4.71. The average molecular weight is 306 g/mol. The van der Waals surface area contributed by atoms with Crippen LogP contribution in [-0.4, -0.2) is 28.6 Å². The van der Waals surface area contributed by atoms with Gasteiger partial charge < -0.3 is 9.84 Å². The Morgan fingerprint density at radius 1 is 1.45 bits per heavy atom. The summed E-state index contributed by atoms with van der Waals surface area (Å²) in [6.07, 6.45) is -0.556. The number of hydrogen-bond donors (Lipinski definition) is 1. The molecule has 0 saturated heterocycles. The van der Waals surface area contributed by atoms with Crippen molar-refractivity contribution < 1.29 is 9.84 Å². The van der Waals surface area contributed by atoms with Gasteiger partial charge in [0.15, 0.2) is 0 Å². The molecule has 1 unspecified atom stereocenters. The fraction of sp³-hybridized carbons (Fsp3) is 0.286. The van der Waals surface area contributed by atoms with Gasteiger partial charge >= 0.3 is 0 Å². The molecule has 0 saturated carbocycles. The summed E-state index contributed by atoms with van der Waals surface area (Å²) in [5.41, 5.74) is 1.59. The highest BCUT2D eigenvalue weighted by molar-refractivity contribution is 8.01. The highest BCUT2D eigenvalue weighted by atomic mass is 32.2. The minimum Gasteiger partial charge on any atom is -0.491 e. The monoisotopic (exact) mass is 306 g/mol. The predicted octanol–water partition coefficient (Wildman–Crippen LogP) is 2.86. The summed E-state index contributed by atoms with van der Waals surface area (Å²) in [6, 6.07) is 8.87. The molecule has 0 bridgehead atoms. The number of benzene rings is 1. The van der Waals surface area contributed by atoms with Gasteiger partial charge in [-0.1, -0.05) is 11.8 Å². The first-order chi connectivity index (χ1) is 9.67. The number of thioether (sulfide) groups is 1. The first-order valence-corrected chi connectivity index (χ1v) is 7.90. The minimum atomic E-state index is -0.556. The zero-order valence-electron chi connectivity index (χ0n) is 10.9. The highest BCUT2D eigenvalue weighted by Gasteiger charge is 2.08. The zero-order valence-corrected chi connectivity index (χ0v) is 12.6. The number of thiazole rings is 1. The van der Waals surface area contributed by atoms with Crippen molar-refractivity contribution in [3.8, 4) is 11.8 Å². The van der Waals surface area contributed by atoms with Crippen molar-refractivity contribution >= 4 is 23.1 Å². The van der Waals surface area contributed by atoms with E-state index in [-0.39, 0.29) is 6.61 Å². The lowest BCUT2D eigenvalue weighted by molar-refractivity contribution is 0.126. The molecule has 0 aliphatic carbocycles. The summed E-state index contributed by atoms with van der Waals surface area (Å²) in [5, 5.41) is 20.5. The maximum atomic E-state index is 9.86. The second kappa shape index (κ2) is 7.29. The normalized spacial score (nSPS) is 11.8. The molecule has 0 amide bonds. The van der Waals surface area contributed by atoms with E-state index in [1.807, 2.05) is 18.4 Å². The predicted molar refractivity (Wildman–Crippen MR) is 80.2 cm³/mol. The smallest absolute Gasteiger partial charge is 0.150 e. The third kappa shape index (κ3) is 4.53. The summed E-state index contributed by atoms with van der Waals surface area (Å²) < 4.78 is 6.43. The van der Waals surface area contributed by atoms with Crippen molar-refractivity contribution in [2.45, 2.75) is 17.4 Å². The van der Waals surface area contributed by atoms with E-state index in [2.05, 4.69) is 4.98 Å². The van der Waals surface area contributed by atoms with Crippen LogP contribution in [0.3, 0.4) is 0 Å². The van der Waals surface area contributed by atoms with Gasteiger partial charge in [-0.3, -0.25) is 0 Å². The average Bonchev–Trinajstić information content (AvgIpc) is 2.89. The molecule has 1 aromatic carbocycles. The Hall–Kier alpha value is -1.55. The molecule has 0 radical (unpaired) electrons. The molecule has 1 aromatic heterocycles. The summed E-state index contributed by atoms with van der Waals surface area (Å²) in [4.78, 5) is 4.32. The van der Waals surface area contributed by atoms with Gasteiger partial charge in [-0.15, -0.1) is 11.3 Å². The van der Waals surface area contributed by atoms with Crippen LogP contribution in [0.25, 0.3) is 0 Å². The molecule has 2 aromatic rings. The molecule has 0 spiro atoms. The molecule has 20 heavy (non-hydrogen) atoms. The number of nitriles is 1. The lowest BCUT2D eigenvalue weighted by Gasteiger charge is -2.11. The Labute approximate surface area is 126 Å². The molecule has 1 N–H and O–H groups in total. The van der Waals surface area contributed by atoms with Crippen LogP contribution in [0.15, 0.2) is 34.0 Å². The Balaban J connectivity index is 1.74. The Morgan fingerprint density at radius 2 is 2.20 bits per heavy atom. The van der Waals surface area contributed by atoms with Gasteiger partial charge in [0, 0.05) is 16.8 Å². The summed E-state index contributed by atoms with van der Waals surface area (Å²) in [5.74, 6) is 1.20. The minimum absolute atomic E-state index is 0.225. The van der Waals surface area contributed by atoms with E-state index in [0.29, 0.717) is 17.1 Å². The molecule has 0 fully saturated rings. The molecule has 4 nitrogen and oxygen atoms in total. The van der Waals surface area contributed by atoms with Crippen LogP contribution in [-0.2, 0) is 0 Å². The number of ether oxygens (including phenoxy) is 1. The van der Waals surface area contributed by atoms with Gasteiger partial charge in [-0.05, 0) is 31.2 Å². The maximum absolute atomic E-state index is 9.86. The Kier molecular flexibility index (Phi) is 5.41. The van der Waals surface area contributed by atoms with Gasteiger partial charge in [0.05, 0.1) is 17.7 Å². The molecule has 6 heteroatoms. The van der Waals surface area contributed by atoms with E-state index in [0.717, 1.165) is 10.0 Å². The largest absolute Gasteiger partial charge is 0.491 e. The van der Waals surface area contributed by atoms with Gasteiger partial charge in [-0.2, -0.15) is 5.26 Å². The number of aliphatic hydroxyl groups is 1. The Bertz CT molecular complexity index is 590. The van der Waals surface area contributed by atoms with E-state index in [9.17, 15) is 5.11 Å². The fourth-order valence-electron chi connectivity index (χ4n) is 1.43. The van der Waals surface area contributed by atoms with Crippen molar-refractivity contribution in [3.63, 3.8) is 0 Å². The van der Waals surface area contributed by atoms with Crippen LogP contribution in [0.5, 0.6) is 5.75 Å². The maximum Gasteiger partial charge on any atom is 0.150 e. The van der Waals surface area contributed by atoms with Gasteiger partial charge in [0.25, 0.3) is 0 Å². The number of hydrogen-bond acceptors (Lipinski definition) is 6. The van der Waals surface area contributed by atoms with Crippen LogP contribution in [0, 0.1) is 18.3 Å². The van der Waals surface area contributed by atoms with Crippen LogP contribution in [0.4, 0.5) is 0 Å². The van der Waals surface area contributed by atoms with Crippen molar-refractivity contribution in [2.24, 2.45) is 0 Å².